The van der Waals surface area contributed by atoms with Gasteiger partial charge in [0.05, 0.1) is 17.3 Å². The number of nitrogens with one attached hydrogen (secondary N) is 2. The van der Waals surface area contributed by atoms with Crippen molar-refractivity contribution in [3.05, 3.63) is 24.4 Å². The summed E-state index contributed by atoms with van der Waals surface area (Å²) in [7, 11) is 0. The summed E-state index contributed by atoms with van der Waals surface area (Å²) in [5, 5.41) is 19.7. The first-order chi connectivity index (χ1) is 11.4. The maximum Gasteiger partial charge on any atom is 0.407 e. The Morgan fingerprint density at radius 3 is 2.62 bits per heavy atom. The van der Waals surface area contributed by atoms with E-state index in [0.29, 0.717) is 31.9 Å². The maximum absolute atomic E-state index is 12.7. The van der Waals surface area contributed by atoms with Crippen LogP contribution in [0.5, 0.6) is 0 Å². The molecule has 0 unspecified atom stereocenters. The lowest BCUT2D eigenvalue weighted by atomic mass is 10.00. The smallest absolute Gasteiger partial charge is 0.407 e. The molecule has 24 heavy (non-hydrogen) atoms. The molecule has 1 aromatic carbocycles. The van der Waals surface area contributed by atoms with Crippen molar-refractivity contribution in [1.82, 2.24) is 20.0 Å². The number of amides is 2. The van der Waals surface area contributed by atoms with Crippen LogP contribution in [0.4, 0.5) is 10.5 Å². The average Bonchev–Trinajstić information content (AvgIpc) is 3.02. The Hall–Kier alpha value is -2.61. The summed E-state index contributed by atoms with van der Waals surface area (Å²) >= 11 is 0. The molecule has 1 aromatic heterocycles. The molecule has 1 fully saturated rings. The van der Waals surface area contributed by atoms with Crippen LogP contribution in [0, 0.1) is 0 Å². The highest BCUT2D eigenvalue weighted by Crippen LogP contribution is 2.22. The molecule has 2 heterocycles. The van der Waals surface area contributed by atoms with Crippen molar-refractivity contribution in [3.8, 4) is 0 Å². The second-order valence-electron chi connectivity index (χ2n) is 6.44. The quantitative estimate of drug-likeness (QED) is 0.792. The highest BCUT2D eigenvalue weighted by Gasteiger charge is 2.37. The highest BCUT2D eigenvalue weighted by atomic mass is 16.4. The third-order valence-electron chi connectivity index (χ3n) is 4.59. The van der Waals surface area contributed by atoms with Gasteiger partial charge in [0.2, 0.25) is 5.91 Å². The van der Waals surface area contributed by atoms with E-state index >= 15 is 0 Å². The van der Waals surface area contributed by atoms with Crippen LogP contribution in [0.15, 0.2) is 24.4 Å². The monoisotopic (exact) mass is 331 g/mol. The van der Waals surface area contributed by atoms with E-state index in [4.69, 9.17) is 5.11 Å². The van der Waals surface area contributed by atoms with Gasteiger partial charge in [0.1, 0.15) is 0 Å². The minimum absolute atomic E-state index is 0.117. The second kappa shape index (κ2) is 6.12. The number of carbonyl (C=O) groups excluding carboxylic acids is 1. The van der Waals surface area contributed by atoms with E-state index in [-0.39, 0.29) is 5.91 Å². The maximum atomic E-state index is 12.7. The first-order valence-electron chi connectivity index (χ1n) is 7.85. The van der Waals surface area contributed by atoms with Crippen molar-refractivity contribution in [3.63, 3.8) is 0 Å². The van der Waals surface area contributed by atoms with Crippen molar-refractivity contribution in [1.29, 1.82) is 0 Å². The molecule has 8 heteroatoms. The lowest BCUT2D eigenvalue weighted by molar-refractivity contribution is -0.127. The Kier molecular flexibility index (Phi) is 4.15. The predicted octanol–water partition coefficient (Wildman–Crippen LogP) is 1.58. The number of aromatic nitrogens is 2. The average molecular weight is 331 g/mol. The van der Waals surface area contributed by atoms with Crippen LogP contribution >= 0.6 is 0 Å². The minimum Gasteiger partial charge on any atom is -0.465 e. The summed E-state index contributed by atoms with van der Waals surface area (Å²) in [5.74, 6) is -0.117. The zero-order valence-corrected chi connectivity index (χ0v) is 13.7. The molecule has 128 valence electrons. The summed E-state index contributed by atoms with van der Waals surface area (Å²) in [6.07, 6.45) is 0.798. The summed E-state index contributed by atoms with van der Waals surface area (Å²) in [6.45, 7) is 5.60. The van der Waals surface area contributed by atoms with E-state index in [1.807, 2.05) is 36.9 Å². The first kappa shape index (κ1) is 16.3. The van der Waals surface area contributed by atoms with Gasteiger partial charge in [-0.05, 0) is 32.0 Å². The second-order valence-corrected chi connectivity index (χ2v) is 6.44. The molecule has 0 radical (unpaired) electrons. The Bertz CT molecular complexity index is 762. The van der Waals surface area contributed by atoms with E-state index in [9.17, 15) is 9.59 Å². The number of carboxylic acid groups (broad SMARTS) is 1. The number of aromatic amines is 1. The van der Waals surface area contributed by atoms with Gasteiger partial charge in [0.25, 0.3) is 0 Å². The fraction of sp³-hybridized carbons (Fsp3) is 0.438. The lowest BCUT2D eigenvalue weighted by Crippen LogP contribution is -2.59. The van der Waals surface area contributed by atoms with Gasteiger partial charge in [-0.1, -0.05) is 0 Å². The van der Waals surface area contributed by atoms with Crippen LogP contribution < -0.4 is 5.32 Å². The van der Waals surface area contributed by atoms with Crippen LogP contribution in [0.3, 0.4) is 0 Å². The molecule has 2 aromatic rings. The number of H-pyrrole nitrogens is 1. The fourth-order valence-corrected chi connectivity index (χ4v) is 2.90. The molecule has 0 aliphatic carbocycles. The van der Waals surface area contributed by atoms with E-state index in [1.54, 1.807) is 6.20 Å². The van der Waals surface area contributed by atoms with Gasteiger partial charge in [-0.2, -0.15) is 5.10 Å². The van der Waals surface area contributed by atoms with E-state index in [2.05, 4.69) is 15.5 Å². The molecule has 3 rings (SSSR count). The van der Waals surface area contributed by atoms with Crippen molar-refractivity contribution in [2.45, 2.75) is 19.4 Å². The molecule has 2 amide bonds. The molecule has 8 nitrogen and oxygen atoms in total. The summed E-state index contributed by atoms with van der Waals surface area (Å²) < 4.78 is 0. The van der Waals surface area contributed by atoms with Crippen molar-refractivity contribution < 1.29 is 14.7 Å². The molecular weight excluding hydrogens is 310 g/mol. The largest absolute Gasteiger partial charge is 0.465 e. The Morgan fingerprint density at radius 2 is 1.96 bits per heavy atom. The number of fused-ring (bicyclic) bond motifs is 1. The van der Waals surface area contributed by atoms with E-state index < -0.39 is 11.6 Å². The third-order valence-corrected chi connectivity index (χ3v) is 4.59. The van der Waals surface area contributed by atoms with Crippen LogP contribution in [-0.2, 0) is 4.79 Å². The summed E-state index contributed by atoms with van der Waals surface area (Å²) in [6, 6.07) is 5.57. The number of piperazine rings is 1. The van der Waals surface area contributed by atoms with Crippen LogP contribution in [0.1, 0.15) is 13.8 Å². The number of nitrogens with zero attached hydrogens (tertiary/aromatic N) is 3. The number of hydrogen-bond acceptors (Lipinski definition) is 4. The standard InChI is InChI=1S/C16H21N5O3/c1-16(2,21-7-5-20(6-8-21)15(23)24)14(22)18-12-3-4-13-11(9-12)10-17-19-13/h3-4,9-10H,5-8H2,1-2H3,(H,17,19)(H,18,22)(H,23,24). The Labute approximate surface area is 139 Å². The zero-order valence-electron chi connectivity index (χ0n) is 13.7. The van der Waals surface area contributed by atoms with Crippen molar-refractivity contribution in [2.75, 3.05) is 31.5 Å². The third kappa shape index (κ3) is 3.05. The first-order valence-corrected chi connectivity index (χ1v) is 7.85. The van der Waals surface area contributed by atoms with Crippen LogP contribution in [-0.4, -0.2) is 68.8 Å². The number of anilines is 1. The van der Waals surface area contributed by atoms with Gasteiger partial charge in [0, 0.05) is 37.3 Å². The van der Waals surface area contributed by atoms with Crippen molar-refractivity contribution in [2.24, 2.45) is 0 Å². The van der Waals surface area contributed by atoms with E-state index in [1.165, 1.54) is 4.90 Å². The van der Waals surface area contributed by atoms with Gasteiger partial charge in [0.15, 0.2) is 0 Å². The minimum atomic E-state index is -0.912. The number of rotatable bonds is 3. The molecule has 0 atom stereocenters. The molecule has 0 spiro atoms. The molecule has 3 N–H and O–H groups in total. The van der Waals surface area contributed by atoms with Gasteiger partial charge in [-0.25, -0.2) is 4.79 Å². The Morgan fingerprint density at radius 1 is 1.25 bits per heavy atom. The van der Waals surface area contributed by atoms with Gasteiger partial charge < -0.3 is 15.3 Å². The summed E-state index contributed by atoms with van der Waals surface area (Å²) in [4.78, 5) is 27.1. The lowest BCUT2D eigenvalue weighted by Gasteiger charge is -2.42. The van der Waals surface area contributed by atoms with E-state index in [0.717, 1.165) is 10.9 Å². The molecule has 1 aliphatic heterocycles. The molecule has 1 saturated heterocycles. The Balaban J connectivity index is 1.67. The van der Waals surface area contributed by atoms with Gasteiger partial charge in [-0.15, -0.1) is 0 Å². The van der Waals surface area contributed by atoms with Crippen LogP contribution in [0.2, 0.25) is 0 Å². The normalized spacial score (nSPS) is 16.3. The zero-order chi connectivity index (χ0) is 17.3. The molecule has 0 bridgehead atoms. The molecule has 0 saturated carbocycles. The number of hydrogen-bond donors (Lipinski definition) is 3. The van der Waals surface area contributed by atoms with Crippen LogP contribution in [0.25, 0.3) is 10.9 Å². The molecule has 1 aliphatic rings. The molecular formula is C16H21N5O3. The number of benzene rings is 1. The number of carbonyl (C=O) groups is 2. The topological polar surface area (TPSA) is 102 Å². The van der Waals surface area contributed by atoms with Gasteiger partial charge in [-0.3, -0.25) is 14.8 Å². The fourth-order valence-electron chi connectivity index (χ4n) is 2.90. The SMILES string of the molecule is CC(C)(C(=O)Nc1ccc2[nH]ncc2c1)N1CCN(C(=O)O)CC1. The predicted molar refractivity (Wildman–Crippen MR) is 90.0 cm³/mol. The summed E-state index contributed by atoms with van der Waals surface area (Å²) in [5.41, 5.74) is 0.902. The van der Waals surface area contributed by atoms with Gasteiger partial charge >= 0.3 is 6.09 Å². The highest BCUT2D eigenvalue weighted by molar-refractivity contribution is 5.99. The van der Waals surface area contributed by atoms with Crippen molar-refractivity contribution >= 4 is 28.6 Å².